The fourth-order valence-electron chi connectivity index (χ4n) is 2.58. The molecule has 1 unspecified atom stereocenters. The highest BCUT2D eigenvalue weighted by atomic mass is 16.2. The van der Waals surface area contributed by atoms with Gasteiger partial charge in [-0.25, -0.2) is 0 Å². The maximum Gasteiger partial charge on any atom is 0.232 e. The smallest absolute Gasteiger partial charge is 0.232 e. The Balaban J connectivity index is 2.01. The first-order valence-electron chi connectivity index (χ1n) is 5.49. The highest BCUT2D eigenvalue weighted by Gasteiger charge is 2.38. The van der Waals surface area contributed by atoms with Crippen molar-refractivity contribution < 1.29 is 9.59 Å². The topological polar surface area (TPSA) is 37.4 Å². The Labute approximate surface area is 84.5 Å². The Bertz CT molecular complexity index is 256. The van der Waals surface area contributed by atoms with Crippen LogP contribution < -0.4 is 0 Å². The van der Waals surface area contributed by atoms with Gasteiger partial charge in [0.1, 0.15) is 5.78 Å². The van der Waals surface area contributed by atoms with Gasteiger partial charge >= 0.3 is 0 Å². The maximum absolute atomic E-state index is 12.0. The van der Waals surface area contributed by atoms with Crippen molar-refractivity contribution in [3.05, 3.63) is 0 Å². The van der Waals surface area contributed by atoms with Gasteiger partial charge in [-0.3, -0.25) is 9.59 Å². The van der Waals surface area contributed by atoms with E-state index >= 15 is 0 Å². The normalized spacial score (nSPS) is 28.8. The summed E-state index contributed by atoms with van der Waals surface area (Å²) in [5.41, 5.74) is 0. The summed E-state index contributed by atoms with van der Waals surface area (Å²) < 4.78 is 0. The van der Waals surface area contributed by atoms with Gasteiger partial charge in [-0.05, 0) is 19.3 Å². The maximum atomic E-state index is 12.0. The Hall–Kier alpha value is -0.860. The molecule has 1 saturated carbocycles. The minimum atomic E-state index is -0.303. The number of carbonyl (C=O) groups is 2. The highest BCUT2D eigenvalue weighted by molar-refractivity contribution is 6.03. The van der Waals surface area contributed by atoms with Gasteiger partial charge in [-0.15, -0.1) is 0 Å². The molecule has 2 rings (SSSR count). The Morgan fingerprint density at radius 3 is 2.43 bits per heavy atom. The van der Waals surface area contributed by atoms with E-state index in [-0.39, 0.29) is 23.5 Å². The van der Waals surface area contributed by atoms with Crippen molar-refractivity contribution in [2.24, 2.45) is 11.8 Å². The minimum absolute atomic E-state index is 0.0434. The number of likely N-dealkylation sites (tertiary alicyclic amines) is 1. The van der Waals surface area contributed by atoms with Gasteiger partial charge in [0.05, 0.1) is 5.92 Å². The number of Topliss-reactive ketones (excluding diaryl/α,β-unsaturated/α-hetero) is 1. The standard InChI is InChI=1S/C11H17NO2/c1-12-7-6-9(11(12)14)10(13)8-4-2-3-5-8/h8-9H,2-7H2,1H3. The molecule has 2 aliphatic rings. The van der Waals surface area contributed by atoms with Crippen LogP contribution in [0.1, 0.15) is 32.1 Å². The molecule has 0 aromatic carbocycles. The van der Waals surface area contributed by atoms with Crippen LogP contribution in [0.5, 0.6) is 0 Å². The average molecular weight is 195 g/mol. The zero-order valence-electron chi connectivity index (χ0n) is 8.66. The van der Waals surface area contributed by atoms with E-state index < -0.39 is 0 Å². The Morgan fingerprint density at radius 1 is 1.29 bits per heavy atom. The van der Waals surface area contributed by atoms with Gasteiger partial charge in [0, 0.05) is 19.5 Å². The van der Waals surface area contributed by atoms with E-state index in [1.54, 1.807) is 11.9 Å². The quantitative estimate of drug-likeness (QED) is 0.621. The van der Waals surface area contributed by atoms with Crippen molar-refractivity contribution in [3.8, 4) is 0 Å². The van der Waals surface area contributed by atoms with E-state index in [2.05, 4.69) is 0 Å². The van der Waals surface area contributed by atoms with Crippen molar-refractivity contribution in [2.45, 2.75) is 32.1 Å². The number of nitrogens with zero attached hydrogens (tertiary/aromatic N) is 1. The van der Waals surface area contributed by atoms with Crippen molar-refractivity contribution in [1.29, 1.82) is 0 Å². The lowest BCUT2D eigenvalue weighted by Crippen LogP contribution is -2.30. The van der Waals surface area contributed by atoms with Crippen LogP contribution in [0.15, 0.2) is 0 Å². The van der Waals surface area contributed by atoms with Crippen LogP contribution in [0.4, 0.5) is 0 Å². The fourth-order valence-corrected chi connectivity index (χ4v) is 2.58. The lowest BCUT2D eigenvalue weighted by Gasteiger charge is -2.13. The zero-order chi connectivity index (χ0) is 10.1. The molecule has 14 heavy (non-hydrogen) atoms. The third-order valence-corrected chi connectivity index (χ3v) is 3.53. The third kappa shape index (κ3) is 1.56. The number of rotatable bonds is 2. The molecule has 1 amide bonds. The number of hydrogen-bond acceptors (Lipinski definition) is 2. The van der Waals surface area contributed by atoms with E-state index in [0.29, 0.717) is 0 Å². The van der Waals surface area contributed by atoms with Gasteiger partial charge in [0.25, 0.3) is 0 Å². The van der Waals surface area contributed by atoms with Crippen molar-refractivity contribution >= 4 is 11.7 Å². The molecule has 0 aromatic heterocycles. The van der Waals surface area contributed by atoms with Crippen LogP contribution in [0.25, 0.3) is 0 Å². The molecule has 0 N–H and O–H groups in total. The lowest BCUT2D eigenvalue weighted by molar-refractivity contribution is -0.137. The molecule has 3 heteroatoms. The first kappa shape index (κ1) is 9.69. The molecular weight excluding hydrogens is 178 g/mol. The van der Waals surface area contributed by atoms with E-state index in [0.717, 1.165) is 38.6 Å². The van der Waals surface area contributed by atoms with Crippen LogP contribution in [-0.4, -0.2) is 30.2 Å². The van der Waals surface area contributed by atoms with Crippen LogP contribution in [0.2, 0.25) is 0 Å². The molecule has 2 fully saturated rings. The Kier molecular flexibility index (Phi) is 2.57. The first-order chi connectivity index (χ1) is 6.70. The molecule has 1 heterocycles. The van der Waals surface area contributed by atoms with Crippen molar-refractivity contribution in [1.82, 2.24) is 4.90 Å². The monoisotopic (exact) mass is 195 g/mol. The minimum Gasteiger partial charge on any atom is -0.345 e. The molecule has 0 bridgehead atoms. The third-order valence-electron chi connectivity index (χ3n) is 3.53. The van der Waals surface area contributed by atoms with Crippen LogP contribution >= 0.6 is 0 Å². The summed E-state index contributed by atoms with van der Waals surface area (Å²) in [5.74, 6) is 0.150. The van der Waals surface area contributed by atoms with E-state index in [1.165, 1.54) is 0 Å². The van der Waals surface area contributed by atoms with Gasteiger partial charge < -0.3 is 4.90 Å². The molecule has 1 aliphatic heterocycles. The summed E-state index contributed by atoms with van der Waals surface area (Å²) in [5, 5.41) is 0. The number of hydrogen-bond donors (Lipinski definition) is 0. The SMILES string of the molecule is CN1CCC(C(=O)C2CCCC2)C1=O. The first-order valence-corrected chi connectivity index (χ1v) is 5.49. The van der Waals surface area contributed by atoms with Gasteiger partial charge in [0.2, 0.25) is 5.91 Å². The summed E-state index contributed by atoms with van der Waals surface area (Å²) >= 11 is 0. The van der Waals surface area contributed by atoms with Gasteiger partial charge in [-0.2, -0.15) is 0 Å². The average Bonchev–Trinajstić information content (AvgIpc) is 2.77. The molecule has 78 valence electrons. The predicted molar refractivity (Wildman–Crippen MR) is 52.7 cm³/mol. The largest absolute Gasteiger partial charge is 0.345 e. The number of ketones is 1. The van der Waals surface area contributed by atoms with Gasteiger partial charge in [0.15, 0.2) is 0 Å². The second kappa shape index (κ2) is 3.71. The summed E-state index contributed by atoms with van der Waals surface area (Å²) in [7, 11) is 1.78. The summed E-state index contributed by atoms with van der Waals surface area (Å²) in [6.45, 7) is 0.752. The van der Waals surface area contributed by atoms with Gasteiger partial charge in [-0.1, -0.05) is 12.8 Å². The predicted octanol–water partition coefficient (Wildman–Crippen LogP) is 1.22. The highest BCUT2D eigenvalue weighted by Crippen LogP contribution is 2.30. The fraction of sp³-hybridized carbons (Fsp3) is 0.818. The number of carbonyl (C=O) groups excluding carboxylic acids is 2. The second-order valence-corrected chi connectivity index (χ2v) is 4.48. The van der Waals surface area contributed by atoms with E-state index in [9.17, 15) is 9.59 Å². The van der Waals surface area contributed by atoms with Crippen LogP contribution in [0.3, 0.4) is 0 Å². The number of amides is 1. The molecule has 1 atom stereocenters. The molecule has 3 nitrogen and oxygen atoms in total. The van der Waals surface area contributed by atoms with Crippen molar-refractivity contribution in [3.63, 3.8) is 0 Å². The second-order valence-electron chi connectivity index (χ2n) is 4.48. The van der Waals surface area contributed by atoms with Crippen LogP contribution in [-0.2, 0) is 9.59 Å². The summed E-state index contributed by atoms with van der Waals surface area (Å²) in [6.07, 6.45) is 5.07. The van der Waals surface area contributed by atoms with E-state index in [4.69, 9.17) is 0 Å². The van der Waals surface area contributed by atoms with Crippen LogP contribution in [0, 0.1) is 11.8 Å². The molecule has 0 aromatic rings. The Morgan fingerprint density at radius 2 is 1.93 bits per heavy atom. The molecule has 1 aliphatic carbocycles. The molecular formula is C11H17NO2. The van der Waals surface area contributed by atoms with Crippen molar-refractivity contribution in [2.75, 3.05) is 13.6 Å². The zero-order valence-corrected chi connectivity index (χ0v) is 8.66. The molecule has 0 spiro atoms. The summed E-state index contributed by atoms with van der Waals surface area (Å²) in [6, 6.07) is 0. The molecule has 0 radical (unpaired) electrons. The lowest BCUT2D eigenvalue weighted by atomic mass is 9.90. The van der Waals surface area contributed by atoms with E-state index in [1.807, 2.05) is 0 Å². The summed E-state index contributed by atoms with van der Waals surface area (Å²) in [4.78, 5) is 25.2. The molecule has 1 saturated heterocycles.